The lowest BCUT2D eigenvalue weighted by atomic mass is 10.4. The molecule has 0 bridgehead atoms. The second-order valence-electron chi connectivity index (χ2n) is 2.92. The summed E-state index contributed by atoms with van der Waals surface area (Å²) < 4.78 is 0. The van der Waals surface area contributed by atoms with E-state index in [2.05, 4.69) is 15.6 Å². The first-order valence-corrected chi connectivity index (χ1v) is 5.70. The zero-order valence-corrected chi connectivity index (χ0v) is 9.43. The van der Waals surface area contributed by atoms with Gasteiger partial charge in [0, 0.05) is 25.0 Å². The Morgan fingerprint density at radius 3 is 3.07 bits per heavy atom. The molecule has 5 nitrogen and oxygen atoms in total. The molecule has 0 radical (unpaired) electrons. The third-order valence-corrected chi connectivity index (χ3v) is 2.60. The second kappa shape index (κ2) is 6.36. The lowest BCUT2D eigenvalue weighted by Crippen LogP contribution is -2.34. The highest BCUT2D eigenvalue weighted by Crippen LogP contribution is 2.09. The SMILES string of the molecule is CCNC(=O)NCc1nc(CCO)cs1. The van der Waals surface area contributed by atoms with Gasteiger partial charge in [0.1, 0.15) is 5.01 Å². The van der Waals surface area contributed by atoms with Crippen molar-refractivity contribution in [3.8, 4) is 0 Å². The number of rotatable bonds is 5. The molecule has 0 aliphatic carbocycles. The van der Waals surface area contributed by atoms with Gasteiger partial charge in [-0.3, -0.25) is 0 Å². The van der Waals surface area contributed by atoms with Gasteiger partial charge in [0.15, 0.2) is 0 Å². The van der Waals surface area contributed by atoms with Crippen LogP contribution < -0.4 is 10.6 Å². The molecule has 6 heteroatoms. The van der Waals surface area contributed by atoms with Crippen LogP contribution in [0.15, 0.2) is 5.38 Å². The summed E-state index contributed by atoms with van der Waals surface area (Å²) in [6.07, 6.45) is 0.567. The molecule has 0 unspecified atom stereocenters. The van der Waals surface area contributed by atoms with Crippen LogP contribution in [0, 0.1) is 0 Å². The molecule has 0 saturated heterocycles. The molecule has 3 N–H and O–H groups in total. The number of aromatic nitrogens is 1. The highest BCUT2D eigenvalue weighted by Gasteiger charge is 2.03. The van der Waals surface area contributed by atoms with Gasteiger partial charge in [0.05, 0.1) is 12.2 Å². The number of nitrogens with one attached hydrogen (secondary N) is 2. The van der Waals surface area contributed by atoms with Crippen LogP contribution in [0.25, 0.3) is 0 Å². The van der Waals surface area contributed by atoms with E-state index in [-0.39, 0.29) is 12.6 Å². The van der Waals surface area contributed by atoms with Crippen molar-refractivity contribution in [2.75, 3.05) is 13.2 Å². The van der Waals surface area contributed by atoms with Crippen molar-refractivity contribution in [1.82, 2.24) is 15.6 Å². The van der Waals surface area contributed by atoms with Crippen LogP contribution in [0.5, 0.6) is 0 Å². The molecule has 0 saturated carbocycles. The summed E-state index contributed by atoms with van der Waals surface area (Å²) in [5.41, 5.74) is 0.871. The van der Waals surface area contributed by atoms with Crippen molar-refractivity contribution < 1.29 is 9.90 Å². The number of urea groups is 1. The second-order valence-corrected chi connectivity index (χ2v) is 3.86. The fraction of sp³-hybridized carbons (Fsp3) is 0.556. The molecule has 1 rings (SSSR count). The minimum Gasteiger partial charge on any atom is -0.396 e. The zero-order valence-electron chi connectivity index (χ0n) is 8.62. The first-order chi connectivity index (χ1) is 7.26. The number of aliphatic hydroxyl groups excluding tert-OH is 1. The van der Waals surface area contributed by atoms with Crippen molar-refractivity contribution >= 4 is 17.4 Å². The van der Waals surface area contributed by atoms with Gasteiger partial charge in [-0.1, -0.05) is 0 Å². The largest absolute Gasteiger partial charge is 0.396 e. The van der Waals surface area contributed by atoms with Crippen LogP contribution in [0.2, 0.25) is 0 Å². The first kappa shape index (κ1) is 11.9. The molecule has 0 spiro atoms. The molecular weight excluding hydrogens is 214 g/mol. The summed E-state index contributed by atoms with van der Waals surface area (Å²) in [5, 5.41) is 16.8. The standard InChI is InChI=1S/C9H15N3O2S/c1-2-10-9(14)11-5-8-12-7(3-4-13)6-15-8/h6,13H,2-5H2,1H3,(H2,10,11,14). The van der Waals surface area contributed by atoms with E-state index in [1.54, 1.807) is 0 Å². The molecule has 0 aliphatic rings. The average Bonchev–Trinajstić information content (AvgIpc) is 2.64. The minimum atomic E-state index is -0.184. The number of nitrogens with zero attached hydrogens (tertiary/aromatic N) is 1. The van der Waals surface area contributed by atoms with Crippen molar-refractivity contribution in [2.24, 2.45) is 0 Å². The molecule has 1 aromatic rings. The number of hydrogen-bond donors (Lipinski definition) is 3. The van der Waals surface area contributed by atoms with Crippen LogP contribution >= 0.6 is 11.3 Å². The van der Waals surface area contributed by atoms with E-state index in [1.165, 1.54) is 11.3 Å². The Kier molecular flexibility index (Phi) is 5.06. The van der Waals surface area contributed by atoms with Crippen molar-refractivity contribution in [3.63, 3.8) is 0 Å². The number of amides is 2. The maximum atomic E-state index is 11.1. The van der Waals surface area contributed by atoms with Crippen LogP contribution in [-0.2, 0) is 13.0 Å². The summed E-state index contributed by atoms with van der Waals surface area (Å²) in [7, 11) is 0. The van der Waals surface area contributed by atoms with Gasteiger partial charge >= 0.3 is 6.03 Å². The van der Waals surface area contributed by atoms with E-state index in [9.17, 15) is 4.79 Å². The van der Waals surface area contributed by atoms with E-state index in [0.717, 1.165) is 10.7 Å². The Balaban J connectivity index is 2.34. The summed E-state index contributed by atoms with van der Waals surface area (Å²) in [6.45, 7) is 3.01. The third kappa shape index (κ3) is 4.26. The topological polar surface area (TPSA) is 74.2 Å². The van der Waals surface area contributed by atoms with Gasteiger partial charge in [0.2, 0.25) is 0 Å². The fourth-order valence-corrected chi connectivity index (χ4v) is 1.81. The quantitative estimate of drug-likeness (QED) is 0.688. The molecule has 0 atom stereocenters. The molecule has 0 aliphatic heterocycles. The normalized spacial score (nSPS) is 10.0. The van der Waals surface area contributed by atoms with Crippen LogP contribution in [0.3, 0.4) is 0 Å². The van der Waals surface area contributed by atoms with Crippen LogP contribution in [-0.4, -0.2) is 29.3 Å². The van der Waals surface area contributed by atoms with Gasteiger partial charge in [-0.25, -0.2) is 9.78 Å². The van der Waals surface area contributed by atoms with Gasteiger partial charge in [-0.15, -0.1) is 11.3 Å². The van der Waals surface area contributed by atoms with Gasteiger partial charge in [0.25, 0.3) is 0 Å². The number of aliphatic hydroxyl groups is 1. The fourth-order valence-electron chi connectivity index (χ4n) is 1.04. The maximum absolute atomic E-state index is 11.1. The Hall–Kier alpha value is -1.14. The van der Waals surface area contributed by atoms with Crippen molar-refractivity contribution in [3.05, 3.63) is 16.1 Å². The number of thiazole rings is 1. The number of carbonyl (C=O) groups is 1. The number of carbonyl (C=O) groups excluding carboxylic acids is 1. The summed E-state index contributed by atoms with van der Waals surface area (Å²) in [6, 6.07) is -0.184. The predicted octanol–water partition coefficient (Wildman–Crippen LogP) is 0.497. The average molecular weight is 229 g/mol. The van der Waals surface area contributed by atoms with Crippen LogP contribution in [0.4, 0.5) is 4.79 Å². The Morgan fingerprint density at radius 1 is 1.60 bits per heavy atom. The lowest BCUT2D eigenvalue weighted by Gasteiger charge is -2.02. The highest BCUT2D eigenvalue weighted by atomic mass is 32.1. The molecule has 0 fully saturated rings. The van der Waals surface area contributed by atoms with Crippen molar-refractivity contribution in [2.45, 2.75) is 19.9 Å². The van der Waals surface area contributed by atoms with Gasteiger partial charge in [-0.2, -0.15) is 0 Å². The minimum absolute atomic E-state index is 0.104. The molecular formula is C9H15N3O2S. The molecule has 15 heavy (non-hydrogen) atoms. The Morgan fingerprint density at radius 2 is 2.40 bits per heavy atom. The number of hydrogen-bond acceptors (Lipinski definition) is 4. The van der Waals surface area contributed by atoms with E-state index in [1.807, 2.05) is 12.3 Å². The van der Waals surface area contributed by atoms with E-state index < -0.39 is 0 Å². The lowest BCUT2D eigenvalue weighted by molar-refractivity contribution is 0.241. The smallest absolute Gasteiger partial charge is 0.315 e. The Labute approximate surface area is 92.5 Å². The summed E-state index contributed by atoms with van der Waals surface area (Å²) >= 11 is 1.48. The predicted molar refractivity (Wildman–Crippen MR) is 58.8 cm³/mol. The zero-order chi connectivity index (χ0) is 11.1. The van der Waals surface area contributed by atoms with E-state index in [0.29, 0.717) is 19.5 Å². The summed E-state index contributed by atoms with van der Waals surface area (Å²) in [4.78, 5) is 15.3. The van der Waals surface area contributed by atoms with Crippen molar-refractivity contribution in [1.29, 1.82) is 0 Å². The molecule has 1 heterocycles. The molecule has 84 valence electrons. The Bertz CT molecular complexity index is 314. The van der Waals surface area contributed by atoms with E-state index >= 15 is 0 Å². The van der Waals surface area contributed by atoms with E-state index in [4.69, 9.17) is 5.11 Å². The highest BCUT2D eigenvalue weighted by molar-refractivity contribution is 7.09. The first-order valence-electron chi connectivity index (χ1n) is 4.82. The summed E-state index contributed by atoms with van der Waals surface area (Å²) in [5.74, 6) is 0. The van der Waals surface area contributed by atoms with Gasteiger partial charge in [-0.05, 0) is 6.92 Å². The molecule has 0 aromatic carbocycles. The molecule has 1 aromatic heterocycles. The molecule has 2 amide bonds. The monoisotopic (exact) mass is 229 g/mol. The van der Waals surface area contributed by atoms with Crippen LogP contribution in [0.1, 0.15) is 17.6 Å². The maximum Gasteiger partial charge on any atom is 0.315 e. The third-order valence-electron chi connectivity index (χ3n) is 1.70. The van der Waals surface area contributed by atoms with Gasteiger partial charge < -0.3 is 15.7 Å².